The molecule has 18 heavy (non-hydrogen) atoms. The highest BCUT2D eigenvalue weighted by Gasteiger charge is 1.99. The van der Waals surface area contributed by atoms with Gasteiger partial charge in [-0.25, -0.2) is 4.79 Å². The van der Waals surface area contributed by atoms with E-state index in [-0.39, 0.29) is 6.03 Å². The van der Waals surface area contributed by atoms with Gasteiger partial charge in [-0.1, -0.05) is 23.7 Å². The molecule has 2 amide bonds. The zero-order valence-electron chi connectivity index (χ0n) is 10.5. The van der Waals surface area contributed by atoms with Crippen molar-refractivity contribution in [1.29, 1.82) is 0 Å². The van der Waals surface area contributed by atoms with Crippen molar-refractivity contribution in [1.82, 2.24) is 10.6 Å². The van der Waals surface area contributed by atoms with Crippen molar-refractivity contribution in [3.63, 3.8) is 0 Å². The third kappa shape index (κ3) is 6.47. The van der Waals surface area contributed by atoms with E-state index in [0.29, 0.717) is 19.7 Å². The summed E-state index contributed by atoms with van der Waals surface area (Å²) in [6, 6.07) is 7.49. The van der Waals surface area contributed by atoms with Crippen LogP contribution in [0.2, 0.25) is 5.02 Å². The maximum absolute atomic E-state index is 11.4. The second-order valence-corrected chi connectivity index (χ2v) is 4.35. The molecule has 0 aliphatic carbocycles. The normalized spacial score (nSPS) is 10.1. The molecule has 0 heterocycles. The summed E-state index contributed by atoms with van der Waals surface area (Å²) < 4.78 is 4.89. The third-order valence-corrected chi connectivity index (χ3v) is 2.63. The van der Waals surface area contributed by atoms with Crippen LogP contribution in [0.4, 0.5) is 4.79 Å². The summed E-state index contributed by atoms with van der Waals surface area (Å²) in [6.45, 7) is 1.87. The lowest BCUT2D eigenvalue weighted by molar-refractivity contribution is 0.193. The molecule has 0 fully saturated rings. The van der Waals surface area contributed by atoms with E-state index in [4.69, 9.17) is 16.3 Å². The number of urea groups is 1. The van der Waals surface area contributed by atoms with Crippen LogP contribution in [0.15, 0.2) is 24.3 Å². The van der Waals surface area contributed by atoms with Gasteiger partial charge in [0.1, 0.15) is 0 Å². The zero-order chi connectivity index (χ0) is 13.2. The van der Waals surface area contributed by atoms with Crippen molar-refractivity contribution in [3.05, 3.63) is 34.9 Å². The minimum Gasteiger partial charge on any atom is -0.385 e. The molecule has 0 spiro atoms. The first-order valence-electron chi connectivity index (χ1n) is 5.97. The summed E-state index contributed by atoms with van der Waals surface area (Å²) in [6.07, 6.45) is 1.59. The summed E-state index contributed by atoms with van der Waals surface area (Å²) in [4.78, 5) is 11.4. The smallest absolute Gasteiger partial charge is 0.314 e. The number of nitrogens with one attached hydrogen (secondary N) is 2. The molecular weight excluding hydrogens is 252 g/mol. The molecule has 5 heteroatoms. The van der Waals surface area contributed by atoms with Gasteiger partial charge in [0.25, 0.3) is 0 Å². The Morgan fingerprint density at radius 1 is 1.33 bits per heavy atom. The molecule has 0 unspecified atom stereocenters. The first-order valence-corrected chi connectivity index (χ1v) is 6.35. The fraction of sp³-hybridized carbons (Fsp3) is 0.462. The Morgan fingerprint density at radius 2 is 2.11 bits per heavy atom. The van der Waals surface area contributed by atoms with Crippen LogP contribution in [-0.4, -0.2) is 32.8 Å². The van der Waals surface area contributed by atoms with Crippen LogP contribution in [-0.2, 0) is 11.2 Å². The van der Waals surface area contributed by atoms with Crippen molar-refractivity contribution < 1.29 is 9.53 Å². The van der Waals surface area contributed by atoms with Crippen LogP contribution in [0.3, 0.4) is 0 Å². The molecule has 100 valence electrons. The van der Waals surface area contributed by atoms with Gasteiger partial charge in [0.15, 0.2) is 0 Å². The van der Waals surface area contributed by atoms with Gasteiger partial charge in [0.05, 0.1) is 0 Å². The van der Waals surface area contributed by atoms with Crippen LogP contribution < -0.4 is 10.6 Å². The predicted molar refractivity (Wildman–Crippen MR) is 73.1 cm³/mol. The Labute approximate surface area is 113 Å². The molecule has 0 saturated heterocycles. The average Bonchev–Trinajstić information content (AvgIpc) is 2.35. The Kier molecular flexibility index (Phi) is 7.22. The summed E-state index contributed by atoms with van der Waals surface area (Å²) in [5, 5.41) is 6.27. The maximum Gasteiger partial charge on any atom is 0.314 e. The molecule has 0 aliphatic rings. The van der Waals surface area contributed by atoms with E-state index in [1.807, 2.05) is 24.3 Å². The zero-order valence-corrected chi connectivity index (χ0v) is 11.3. The number of ether oxygens (including phenoxy) is 1. The molecule has 1 aromatic carbocycles. The van der Waals surface area contributed by atoms with Gasteiger partial charge in [0.2, 0.25) is 0 Å². The molecule has 1 rings (SSSR count). The number of hydrogen-bond donors (Lipinski definition) is 2. The minimum atomic E-state index is -0.145. The molecule has 0 aromatic heterocycles. The fourth-order valence-corrected chi connectivity index (χ4v) is 1.71. The van der Waals surface area contributed by atoms with Crippen molar-refractivity contribution in [3.8, 4) is 0 Å². The van der Waals surface area contributed by atoms with Crippen molar-refractivity contribution in [2.45, 2.75) is 12.8 Å². The Hall–Kier alpha value is -1.26. The molecule has 0 atom stereocenters. The van der Waals surface area contributed by atoms with Crippen LogP contribution in [0.5, 0.6) is 0 Å². The summed E-state index contributed by atoms with van der Waals surface area (Å²) in [5.41, 5.74) is 1.11. The average molecular weight is 271 g/mol. The van der Waals surface area contributed by atoms with E-state index in [2.05, 4.69) is 10.6 Å². The van der Waals surface area contributed by atoms with E-state index in [1.54, 1.807) is 7.11 Å². The summed E-state index contributed by atoms with van der Waals surface area (Å²) >= 11 is 5.87. The lowest BCUT2D eigenvalue weighted by atomic mass is 10.1. The van der Waals surface area contributed by atoms with Gasteiger partial charge in [-0.2, -0.15) is 0 Å². The highest BCUT2D eigenvalue weighted by molar-refractivity contribution is 6.30. The van der Waals surface area contributed by atoms with Gasteiger partial charge < -0.3 is 15.4 Å². The number of methoxy groups -OCH3 is 1. The lowest BCUT2D eigenvalue weighted by Crippen LogP contribution is -2.37. The summed E-state index contributed by atoms with van der Waals surface area (Å²) in [5.74, 6) is 0. The van der Waals surface area contributed by atoms with Crippen LogP contribution in [0.25, 0.3) is 0 Å². The number of carbonyl (C=O) groups excluding carboxylic acids is 1. The largest absolute Gasteiger partial charge is 0.385 e. The van der Waals surface area contributed by atoms with E-state index in [9.17, 15) is 4.79 Å². The molecule has 0 bridgehead atoms. The number of halogens is 1. The predicted octanol–water partition coefficient (Wildman–Crippen LogP) is 2.22. The van der Waals surface area contributed by atoms with Gasteiger partial charge >= 0.3 is 6.03 Å². The molecule has 0 aliphatic heterocycles. The number of rotatable bonds is 7. The Balaban J connectivity index is 2.12. The van der Waals surface area contributed by atoms with Crippen molar-refractivity contribution in [2.24, 2.45) is 0 Å². The summed E-state index contributed by atoms with van der Waals surface area (Å²) in [7, 11) is 1.64. The van der Waals surface area contributed by atoms with Gasteiger partial charge in [-0.3, -0.25) is 0 Å². The molecule has 4 nitrogen and oxygen atoms in total. The fourth-order valence-electron chi connectivity index (χ4n) is 1.49. The first-order chi connectivity index (χ1) is 8.72. The second-order valence-electron chi connectivity index (χ2n) is 3.91. The van der Waals surface area contributed by atoms with E-state index in [0.717, 1.165) is 23.4 Å². The Morgan fingerprint density at radius 3 is 2.83 bits per heavy atom. The minimum absolute atomic E-state index is 0.145. The third-order valence-electron chi connectivity index (χ3n) is 2.40. The van der Waals surface area contributed by atoms with Crippen LogP contribution in [0, 0.1) is 0 Å². The van der Waals surface area contributed by atoms with E-state index in [1.165, 1.54) is 0 Å². The van der Waals surface area contributed by atoms with Crippen molar-refractivity contribution in [2.75, 3.05) is 26.8 Å². The molecule has 0 saturated carbocycles. The van der Waals surface area contributed by atoms with Crippen LogP contribution >= 0.6 is 11.6 Å². The monoisotopic (exact) mass is 270 g/mol. The molecule has 2 N–H and O–H groups in total. The quantitative estimate of drug-likeness (QED) is 0.747. The Bertz CT molecular complexity index is 372. The lowest BCUT2D eigenvalue weighted by Gasteiger charge is -2.07. The number of benzene rings is 1. The number of amides is 2. The molecule has 0 radical (unpaired) electrons. The number of hydrogen-bond acceptors (Lipinski definition) is 2. The maximum atomic E-state index is 11.4. The van der Waals surface area contributed by atoms with E-state index >= 15 is 0 Å². The second kappa shape index (κ2) is 8.78. The van der Waals surface area contributed by atoms with Crippen LogP contribution in [0.1, 0.15) is 12.0 Å². The van der Waals surface area contributed by atoms with Gasteiger partial charge in [-0.05, 0) is 30.5 Å². The van der Waals surface area contributed by atoms with E-state index < -0.39 is 0 Å². The van der Waals surface area contributed by atoms with Gasteiger partial charge in [0, 0.05) is 31.8 Å². The standard InChI is InChI=1S/C13H19ClN2O2/c1-18-9-3-7-15-13(17)16-8-6-11-4-2-5-12(14)10-11/h2,4-5,10H,3,6-9H2,1H3,(H2,15,16,17). The van der Waals surface area contributed by atoms with Crippen molar-refractivity contribution >= 4 is 17.6 Å². The highest BCUT2D eigenvalue weighted by atomic mass is 35.5. The SMILES string of the molecule is COCCCNC(=O)NCCc1cccc(Cl)c1. The molecule has 1 aromatic rings. The molecular formula is C13H19ClN2O2. The number of carbonyl (C=O) groups is 1. The van der Waals surface area contributed by atoms with Gasteiger partial charge in [-0.15, -0.1) is 0 Å². The highest BCUT2D eigenvalue weighted by Crippen LogP contribution is 2.10. The topological polar surface area (TPSA) is 50.4 Å². The first kappa shape index (κ1) is 14.8.